The number of carbonyl (C=O) groups excluding carboxylic acids is 1. The number of halogens is 3. The third-order valence-electron chi connectivity index (χ3n) is 5.36. The van der Waals surface area contributed by atoms with Crippen LogP contribution in [-0.4, -0.2) is 44.6 Å². The Morgan fingerprint density at radius 3 is 2.55 bits per heavy atom. The largest absolute Gasteiger partial charge is 0.416 e. The standard InChI is InChI=1S/C20H20F3N7O/c21-20(22,23)13-9-16(25-14-4-5-14)30-17(10-13)26-19(28-30)27-18(31)12-3-6-15(24-11-12)29-7-1-2-8-29/h3,6,9-11,14,25H,1-2,4-5,7-8H2,(H,27,28,31). The van der Waals surface area contributed by atoms with Crippen molar-refractivity contribution >= 4 is 29.1 Å². The number of fused-ring (bicyclic) bond motifs is 1. The number of alkyl halides is 3. The molecule has 31 heavy (non-hydrogen) atoms. The summed E-state index contributed by atoms with van der Waals surface area (Å²) in [5, 5.41) is 9.76. The highest BCUT2D eigenvalue weighted by Gasteiger charge is 2.33. The Morgan fingerprint density at radius 1 is 1.13 bits per heavy atom. The van der Waals surface area contributed by atoms with Crippen LogP contribution in [0, 0.1) is 0 Å². The lowest BCUT2D eigenvalue weighted by molar-refractivity contribution is -0.137. The van der Waals surface area contributed by atoms with Crippen LogP contribution in [0.4, 0.5) is 30.8 Å². The highest BCUT2D eigenvalue weighted by Crippen LogP contribution is 2.33. The minimum absolute atomic E-state index is 0.00391. The second kappa shape index (κ2) is 7.40. The molecule has 3 aromatic heterocycles. The summed E-state index contributed by atoms with van der Waals surface area (Å²) in [6.45, 7) is 1.89. The number of amides is 1. The molecule has 3 aromatic rings. The zero-order chi connectivity index (χ0) is 21.6. The molecule has 1 amide bonds. The van der Waals surface area contributed by atoms with Gasteiger partial charge in [0.15, 0.2) is 5.65 Å². The van der Waals surface area contributed by atoms with E-state index in [9.17, 15) is 18.0 Å². The van der Waals surface area contributed by atoms with Gasteiger partial charge in [-0.2, -0.15) is 22.7 Å². The molecule has 1 aliphatic carbocycles. The third-order valence-corrected chi connectivity index (χ3v) is 5.36. The van der Waals surface area contributed by atoms with E-state index < -0.39 is 17.6 Å². The van der Waals surface area contributed by atoms with Gasteiger partial charge in [-0.3, -0.25) is 10.1 Å². The van der Waals surface area contributed by atoms with Gasteiger partial charge < -0.3 is 10.2 Å². The number of nitrogens with zero attached hydrogens (tertiary/aromatic N) is 5. The molecule has 0 unspecified atom stereocenters. The Kier molecular flexibility index (Phi) is 4.67. The van der Waals surface area contributed by atoms with Crippen LogP contribution >= 0.6 is 0 Å². The minimum atomic E-state index is -4.51. The number of hydrogen-bond donors (Lipinski definition) is 2. The monoisotopic (exact) mass is 431 g/mol. The molecule has 162 valence electrons. The van der Waals surface area contributed by atoms with E-state index in [0.717, 1.165) is 56.7 Å². The summed E-state index contributed by atoms with van der Waals surface area (Å²) < 4.78 is 41.1. The predicted molar refractivity (Wildman–Crippen MR) is 108 cm³/mol. The Bertz CT molecular complexity index is 1120. The fourth-order valence-corrected chi connectivity index (χ4v) is 3.57. The second-order valence-corrected chi connectivity index (χ2v) is 7.80. The van der Waals surface area contributed by atoms with Crippen LogP contribution in [0.1, 0.15) is 41.6 Å². The van der Waals surface area contributed by atoms with E-state index in [1.165, 1.54) is 10.7 Å². The number of pyridine rings is 2. The van der Waals surface area contributed by atoms with Gasteiger partial charge in [-0.25, -0.2) is 4.98 Å². The maximum absolute atomic E-state index is 13.3. The summed E-state index contributed by atoms with van der Waals surface area (Å²) in [4.78, 5) is 23.1. The lowest BCUT2D eigenvalue weighted by Gasteiger charge is -2.15. The van der Waals surface area contributed by atoms with Crippen molar-refractivity contribution in [3.8, 4) is 0 Å². The van der Waals surface area contributed by atoms with E-state index in [-0.39, 0.29) is 23.5 Å². The first-order chi connectivity index (χ1) is 14.9. The quantitative estimate of drug-likeness (QED) is 0.642. The second-order valence-electron chi connectivity index (χ2n) is 7.80. The lowest BCUT2D eigenvalue weighted by Crippen LogP contribution is -2.19. The van der Waals surface area contributed by atoms with E-state index in [4.69, 9.17) is 0 Å². The molecule has 5 rings (SSSR count). The van der Waals surface area contributed by atoms with E-state index in [1.807, 2.05) is 0 Å². The van der Waals surface area contributed by atoms with Crippen LogP contribution in [0.5, 0.6) is 0 Å². The zero-order valence-electron chi connectivity index (χ0n) is 16.5. The average molecular weight is 431 g/mol. The van der Waals surface area contributed by atoms with Gasteiger partial charge in [-0.05, 0) is 49.9 Å². The van der Waals surface area contributed by atoms with Gasteiger partial charge >= 0.3 is 6.18 Å². The van der Waals surface area contributed by atoms with Crippen LogP contribution in [0.25, 0.3) is 5.65 Å². The first kappa shape index (κ1) is 19.6. The van der Waals surface area contributed by atoms with Crippen molar-refractivity contribution in [2.45, 2.75) is 37.9 Å². The molecule has 11 heteroatoms. The van der Waals surface area contributed by atoms with Gasteiger partial charge in [0.05, 0.1) is 11.1 Å². The normalized spacial score (nSPS) is 16.7. The number of aromatic nitrogens is 4. The summed E-state index contributed by atoms with van der Waals surface area (Å²) >= 11 is 0. The molecule has 4 heterocycles. The number of hydrogen-bond acceptors (Lipinski definition) is 6. The van der Waals surface area contributed by atoms with Crippen LogP contribution in [0.3, 0.4) is 0 Å². The molecule has 0 aromatic carbocycles. The zero-order valence-corrected chi connectivity index (χ0v) is 16.5. The summed E-state index contributed by atoms with van der Waals surface area (Å²) in [6, 6.07) is 5.48. The summed E-state index contributed by atoms with van der Waals surface area (Å²) in [6.07, 6.45) is 0.974. The van der Waals surface area contributed by atoms with Gasteiger partial charge in [0.25, 0.3) is 5.91 Å². The van der Waals surface area contributed by atoms with E-state index in [1.54, 1.807) is 12.1 Å². The first-order valence-electron chi connectivity index (χ1n) is 10.1. The maximum Gasteiger partial charge on any atom is 0.416 e. The van der Waals surface area contributed by atoms with Crippen molar-refractivity contribution < 1.29 is 18.0 Å². The number of carbonyl (C=O) groups is 1. The molecule has 2 fully saturated rings. The third kappa shape index (κ3) is 4.12. The van der Waals surface area contributed by atoms with Crippen molar-refractivity contribution in [1.29, 1.82) is 0 Å². The van der Waals surface area contributed by atoms with Gasteiger partial charge in [0, 0.05) is 25.3 Å². The average Bonchev–Trinajstić information content (AvgIpc) is 3.22. The molecular weight excluding hydrogens is 411 g/mol. The van der Waals surface area contributed by atoms with Crippen LogP contribution in [0.2, 0.25) is 0 Å². The fourth-order valence-electron chi connectivity index (χ4n) is 3.57. The molecule has 2 N–H and O–H groups in total. The van der Waals surface area contributed by atoms with E-state index >= 15 is 0 Å². The van der Waals surface area contributed by atoms with Crippen LogP contribution < -0.4 is 15.5 Å². The first-order valence-corrected chi connectivity index (χ1v) is 10.1. The number of rotatable bonds is 5. The minimum Gasteiger partial charge on any atom is -0.367 e. The smallest absolute Gasteiger partial charge is 0.367 e. The summed E-state index contributed by atoms with van der Waals surface area (Å²) in [5.41, 5.74) is -0.514. The van der Waals surface area contributed by atoms with E-state index in [2.05, 4.69) is 30.6 Å². The van der Waals surface area contributed by atoms with Crippen molar-refractivity contribution in [3.05, 3.63) is 41.6 Å². The Labute approximate surface area is 175 Å². The Hall–Kier alpha value is -3.37. The molecule has 0 bridgehead atoms. The molecule has 8 nitrogen and oxygen atoms in total. The topological polar surface area (TPSA) is 87.5 Å². The van der Waals surface area contributed by atoms with Crippen LogP contribution in [-0.2, 0) is 6.18 Å². The lowest BCUT2D eigenvalue weighted by atomic mass is 10.2. The van der Waals surface area contributed by atoms with Crippen molar-refractivity contribution in [3.63, 3.8) is 0 Å². The van der Waals surface area contributed by atoms with Crippen molar-refractivity contribution in [2.75, 3.05) is 28.6 Å². The number of anilines is 3. The Balaban J connectivity index is 1.39. The van der Waals surface area contributed by atoms with Gasteiger partial charge in [0.1, 0.15) is 11.6 Å². The summed E-state index contributed by atoms with van der Waals surface area (Å²) in [7, 11) is 0. The molecule has 1 aliphatic heterocycles. The highest BCUT2D eigenvalue weighted by atomic mass is 19.4. The molecule has 0 spiro atoms. The molecule has 1 saturated carbocycles. The number of nitrogens with one attached hydrogen (secondary N) is 2. The molecule has 1 saturated heterocycles. The molecular formula is C20H20F3N7O. The van der Waals surface area contributed by atoms with Crippen molar-refractivity contribution in [1.82, 2.24) is 19.6 Å². The van der Waals surface area contributed by atoms with Gasteiger partial charge in [-0.15, -0.1) is 5.10 Å². The van der Waals surface area contributed by atoms with Crippen LogP contribution in [0.15, 0.2) is 30.5 Å². The highest BCUT2D eigenvalue weighted by molar-refractivity contribution is 6.03. The summed E-state index contributed by atoms with van der Waals surface area (Å²) in [5.74, 6) is 0.447. The SMILES string of the molecule is O=C(Nc1nc2cc(C(F)(F)F)cc(NC3CC3)n2n1)c1ccc(N2CCCC2)nc1. The molecule has 0 radical (unpaired) electrons. The predicted octanol–water partition coefficient (Wildman–Crippen LogP) is 3.57. The van der Waals surface area contributed by atoms with Crippen molar-refractivity contribution in [2.24, 2.45) is 0 Å². The maximum atomic E-state index is 13.3. The molecule has 2 aliphatic rings. The van der Waals surface area contributed by atoms with Gasteiger partial charge in [-0.1, -0.05) is 0 Å². The van der Waals surface area contributed by atoms with E-state index in [0.29, 0.717) is 5.56 Å². The fraction of sp³-hybridized carbons (Fsp3) is 0.400. The Morgan fingerprint density at radius 2 is 1.90 bits per heavy atom. The molecule has 0 atom stereocenters. The van der Waals surface area contributed by atoms with Gasteiger partial charge in [0.2, 0.25) is 5.95 Å².